The van der Waals surface area contributed by atoms with E-state index < -0.39 is 0 Å². The highest BCUT2D eigenvalue weighted by molar-refractivity contribution is 5.84. The Labute approximate surface area is 166 Å². The third-order valence-corrected chi connectivity index (χ3v) is 6.06. The smallest absolute Gasteiger partial charge is 0.157 e. The highest BCUT2D eigenvalue weighted by Gasteiger charge is 2.26. The van der Waals surface area contributed by atoms with Crippen molar-refractivity contribution >= 4 is 16.8 Å². The van der Waals surface area contributed by atoms with Gasteiger partial charge in [0.2, 0.25) is 0 Å². The summed E-state index contributed by atoms with van der Waals surface area (Å²) in [6, 6.07) is 2.01. The minimum atomic E-state index is -0.0867. The highest BCUT2D eigenvalue weighted by atomic mass is 16.1. The molecule has 0 amide bonds. The predicted octanol–water partition coefficient (Wildman–Crippen LogP) is 4.19. The highest BCUT2D eigenvalue weighted by Crippen LogP contribution is 2.26. The fourth-order valence-electron chi connectivity index (χ4n) is 4.20. The van der Waals surface area contributed by atoms with Crippen molar-refractivity contribution in [2.24, 2.45) is 11.8 Å². The Morgan fingerprint density at radius 3 is 2.86 bits per heavy atom. The Hall–Kier alpha value is -2.50. The average molecular weight is 380 g/mol. The third kappa shape index (κ3) is 3.73. The van der Waals surface area contributed by atoms with E-state index in [1.54, 1.807) is 0 Å². The van der Waals surface area contributed by atoms with Gasteiger partial charge in [-0.2, -0.15) is 5.10 Å². The van der Waals surface area contributed by atoms with Crippen molar-refractivity contribution < 1.29 is 4.79 Å². The number of carbonyl (C=O) groups excluding carboxylic acids is 1. The lowest BCUT2D eigenvalue weighted by molar-refractivity contribution is -0.120. The molecule has 1 saturated carbocycles. The second-order valence-corrected chi connectivity index (χ2v) is 8.33. The number of aromatic nitrogens is 5. The molecule has 28 heavy (non-hydrogen) atoms. The number of nitrogens with zero attached hydrogens (tertiary/aromatic N) is 5. The molecule has 0 radical (unpaired) electrons. The standard InChI is InChI=1S/C22H29N5O/c1-4-17(15(2)3)14-26-9-8-18-12-23-21(25-22(18)26)10-16-11-24-27(13-16)19-6-5-7-20(19)28/h8-9,11-13,15,17,19H,4-7,10,14H2,1-3H3/t17-,19+/m1/s1. The van der Waals surface area contributed by atoms with Gasteiger partial charge in [0.15, 0.2) is 5.78 Å². The second-order valence-electron chi connectivity index (χ2n) is 8.33. The van der Waals surface area contributed by atoms with Gasteiger partial charge in [-0.3, -0.25) is 9.48 Å². The molecule has 1 aliphatic rings. The molecule has 0 bridgehead atoms. The molecular weight excluding hydrogens is 350 g/mol. The molecule has 6 nitrogen and oxygen atoms in total. The Balaban J connectivity index is 1.54. The quantitative estimate of drug-likeness (QED) is 0.617. The van der Waals surface area contributed by atoms with Gasteiger partial charge in [0.05, 0.1) is 6.20 Å². The number of hydrogen-bond donors (Lipinski definition) is 0. The third-order valence-electron chi connectivity index (χ3n) is 6.06. The molecule has 2 atom stereocenters. The molecule has 0 aromatic carbocycles. The van der Waals surface area contributed by atoms with Gasteiger partial charge in [-0.25, -0.2) is 9.97 Å². The van der Waals surface area contributed by atoms with Gasteiger partial charge in [0.1, 0.15) is 17.5 Å². The van der Waals surface area contributed by atoms with Crippen LogP contribution in [0.15, 0.2) is 30.9 Å². The number of Topliss-reactive ketones (excluding diaryl/α,β-unsaturated/α-hetero) is 1. The zero-order chi connectivity index (χ0) is 19.7. The summed E-state index contributed by atoms with van der Waals surface area (Å²) >= 11 is 0. The summed E-state index contributed by atoms with van der Waals surface area (Å²) < 4.78 is 4.08. The van der Waals surface area contributed by atoms with E-state index in [4.69, 9.17) is 4.98 Å². The zero-order valence-corrected chi connectivity index (χ0v) is 17.0. The summed E-state index contributed by atoms with van der Waals surface area (Å²) in [7, 11) is 0. The van der Waals surface area contributed by atoms with Crippen molar-refractivity contribution in [1.82, 2.24) is 24.3 Å². The molecule has 148 valence electrons. The lowest BCUT2D eigenvalue weighted by Gasteiger charge is -2.20. The van der Waals surface area contributed by atoms with Crippen LogP contribution >= 0.6 is 0 Å². The van der Waals surface area contributed by atoms with E-state index >= 15 is 0 Å². The Bertz CT molecular complexity index is 970. The van der Waals surface area contributed by atoms with Crippen molar-refractivity contribution in [3.05, 3.63) is 42.2 Å². The minimum absolute atomic E-state index is 0.0867. The largest absolute Gasteiger partial charge is 0.332 e. The van der Waals surface area contributed by atoms with Crippen molar-refractivity contribution in [1.29, 1.82) is 0 Å². The van der Waals surface area contributed by atoms with E-state index in [2.05, 4.69) is 47.7 Å². The number of rotatable bonds is 7. The molecule has 6 heteroatoms. The molecule has 0 N–H and O–H groups in total. The van der Waals surface area contributed by atoms with Crippen LogP contribution in [-0.2, 0) is 17.8 Å². The van der Waals surface area contributed by atoms with Gasteiger partial charge in [-0.1, -0.05) is 27.2 Å². The zero-order valence-electron chi connectivity index (χ0n) is 17.0. The topological polar surface area (TPSA) is 65.6 Å². The van der Waals surface area contributed by atoms with Gasteiger partial charge >= 0.3 is 0 Å². The van der Waals surface area contributed by atoms with Crippen molar-refractivity contribution in [3.63, 3.8) is 0 Å². The molecule has 0 spiro atoms. The fraction of sp³-hybridized carbons (Fsp3) is 0.545. The van der Waals surface area contributed by atoms with Gasteiger partial charge < -0.3 is 4.57 Å². The molecule has 0 aliphatic heterocycles. The first kappa shape index (κ1) is 18.8. The summed E-state index contributed by atoms with van der Waals surface area (Å²) in [5.41, 5.74) is 2.05. The maximum atomic E-state index is 12.0. The van der Waals surface area contributed by atoms with Crippen LogP contribution in [-0.4, -0.2) is 30.1 Å². The maximum absolute atomic E-state index is 12.0. The van der Waals surface area contributed by atoms with Crippen LogP contribution in [0, 0.1) is 11.8 Å². The molecule has 1 aliphatic carbocycles. The summed E-state index contributed by atoms with van der Waals surface area (Å²) in [4.78, 5) is 21.4. The van der Waals surface area contributed by atoms with E-state index in [0.717, 1.165) is 48.2 Å². The molecule has 1 fully saturated rings. The summed E-state index contributed by atoms with van der Waals surface area (Å²) in [6.45, 7) is 7.80. The normalized spacial score (nSPS) is 18.4. The predicted molar refractivity (Wildman–Crippen MR) is 109 cm³/mol. The molecule has 3 aromatic heterocycles. The Kier molecular flexibility index (Phi) is 5.29. The maximum Gasteiger partial charge on any atom is 0.157 e. The van der Waals surface area contributed by atoms with Gasteiger partial charge in [-0.05, 0) is 36.3 Å². The molecular formula is C22H29N5O. The Morgan fingerprint density at radius 1 is 1.29 bits per heavy atom. The van der Waals surface area contributed by atoms with Crippen LogP contribution < -0.4 is 0 Å². The van der Waals surface area contributed by atoms with Crippen LogP contribution in [0.3, 0.4) is 0 Å². The molecule has 3 heterocycles. The summed E-state index contributed by atoms with van der Waals surface area (Å²) in [6.07, 6.45) is 12.2. The number of carbonyl (C=O) groups is 1. The van der Waals surface area contributed by atoms with Crippen LogP contribution in [0.5, 0.6) is 0 Å². The second kappa shape index (κ2) is 7.86. The molecule has 0 saturated heterocycles. The van der Waals surface area contributed by atoms with E-state index in [0.29, 0.717) is 30.5 Å². The number of hydrogen-bond acceptors (Lipinski definition) is 4. The van der Waals surface area contributed by atoms with E-state index in [1.807, 2.05) is 23.3 Å². The Morgan fingerprint density at radius 2 is 2.14 bits per heavy atom. The number of fused-ring (bicyclic) bond motifs is 1. The van der Waals surface area contributed by atoms with Crippen molar-refractivity contribution in [3.8, 4) is 0 Å². The van der Waals surface area contributed by atoms with Crippen LogP contribution in [0.1, 0.15) is 63.9 Å². The van der Waals surface area contributed by atoms with Crippen LogP contribution in [0.2, 0.25) is 0 Å². The van der Waals surface area contributed by atoms with E-state index in [-0.39, 0.29) is 6.04 Å². The molecule has 4 rings (SSSR count). The first-order chi connectivity index (χ1) is 13.5. The van der Waals surface area contributed by atoms with Gasteiger partial charge in [-0.15, -0.1) is 0 Å². The van der Waals surface area contributed by atoms with Gasteiger partial charge in [0, 0.05) is 43.4 Å². The van der Waals surface area contributed by atoms with E-state index in [9.17, 15) is 4.79 Å². The first-order valence-corrected chi connectivity index (χ1v) is 10.4. The first-order valence-electron chi connectivity index (χ1n) is 10.4. The lowest BCUT2D eigenvalue weighted by Crippen LogP contribution is -2.15. The fourth-order valence-corrected chi connectivity index (χ4v) is 4.20. The summed E-state index contributed by atoms with van der Waals surface area (Å²) in [5.74, 6) is 2.37. The lowest BCUT2D eigenvalue weighted by atomic mass is 9.93. The minimum Gasteiger partial charge on any atom is -0.332 e. The SMILES string of the molecule is CC[C@H](Cn1ccc2cnc(Cc3cnn([C@H]4CCCC4=O)c3)nc21)C(C)C. The van der Waals surface area contributed by atoms with Crippen LogP contribution in [0.25, 0.3) is 11.0 Å². The molecule has 3 aromatic rings. The van der Waals surface area contributed by atoms with Crippen LogP contribution in [0.4, 0.5) is 0 Å². The monoisotopic (exact) mass is 379 g/mol. The van der Waals surface area contributed by atoms with Gasteiger partial charge in [0.25, 0.3) is 0 Å². The summed E-state index contributed by atoms with van der Waals surface area (Å²) in [5, 5.41) is 5.50. The molecule has 0 unspecified atom stereocenters. The van der Waals surface area contributed by atoms with E-state index in [1.165, 1.54) is 0 Å². The average Bonchev–Trinajstić information content (AvgIpc) is 3.39. The van der Waals surface area contributed by atoms with Crippen molar-refractivity contribution in [2.75, 3.05) is 0 Å². The van der Waals surface area contributed by atoms with Crippen molar-refractivity contribution in [2.45, 2.75) is 65.5 Å². The number of ketones is 1.